The Morgan fingerprint density at radius 1 is 1.03 bits per heavy atom. The third-order valence-corrected chi connectivity index (χ3v) is 4.48. The van der Waals surface area contributed by atoms with E-state index in [2.05, 4.69) is 5.32 Å². The first kappa shape index (κ1) is 20.3. The van der Waals surface area contributed by atoms with Gasteiger partial charge in [0.15, 0.2) is 16.6 Å². The zero-order valence-electron chi connectivity index (χ0n) is 15.8. The molecule has 150 valence electrons. The fraction of sp³-hybridized carbons (Fsp3) is 0.150. The van der Waals surface area contributed by atoms with Gasteiger partial charge in [-0.05, 0) is 48.1 Å². The number of carbonyl (C=O) groups is 2. The van der Waals surface area contributed by atoms with Crippen molar-refractivity contribution in [3.05, 3.63) is 53.4 Å². The van der Waals surface area contributed by atoms with Crippen LogP contribution in [0.3, 0.4) is 0 Å². The average Bonchev–Trinajstić information content (AvgIpc) is 2.71. The molecule has 1 aliphatic rings. The molecule has 7 nitrogen and oxygen atoms in total. The molecule has 0 saturated carbocycles. The molecule has 29 heavy (non-hydrogen) atoms. The number of ether oxygens (including phenoxy) is 3. The van der Waals surface area contributed by atoms with Gasteiger partial charge in [-0.3, -0.25) is 14.9 Å². The molecule has 0 unspecified atom stereocenters. The van der Waals surface area contributed by atoms with E-state index < -0.39 is 17.6 Å². The molecule has 0 atom stereocenters. The Balaban J connectivity index is 2.09. The lowest BCUT2D eigenvalue weighted by Gasteiger charge is -2.29. The molecule has 0 aliphatic carbocycles. The van der Waals surface area contributed by atoms with Crippen molar-refractivity contribution in [3.8, 4) is 17.2 Å². The van der Waals surface area contributed by atoms with Crippen molar-refractivity contribution >= 4 is 40.9 Å². The zero-order valence-corrected chi connectivity index (χ0v) is 16.6. The Kier molecular flexibility index (Phi) is 5.79. The lowest BCUT2D eigenvalue weighted by atomic mass is 10.1. The van der Waals surface area contributed by atoms with E-state index in [0.717, 1.165) is 4.90 Å². The van der Waals surface area contributed by atoms with E-state index in [4.69, 9.17) is 26.4 Å². The van der Waals surface area contributed by atoms with Gasteiger partial charge in [-0.1, -0.05) is 12.1 Å². The van der Waals surface area contributed by atoms with Gasteiger partial charge in [0, 0.05) is 0 Å². The molecule has 1 aliphatic heterocycles. The van der Waals surface area contributed by atoms with Crippen LogP contribution in [0.1, 0.15) is 5.56 Å². The van der Waals surface area contributed by atoms with Gasteiger partial charge in [0.2, 0.25) is 5.75 Å². The molecule has 9 heteroatoms. The highest BCUT2D eigenvalue weighted by molar-refractivity contribution is 7.80. The molecule has 2 amide bonds. The van der Waals surface area contributed by atoms with E-state index >= 15 is 0 Å². The predicted octanol–water partition coefficient (Wildman–Crippen LogP) is 2.68. The van der Waals surface area contributed by atoms with Crippen molar-refractivity contribution < 1.29 is 28.2 Å². The van der Waals surface area contributed by atoms with Crippen molar-refractivity contribution in [2.75, 3.05) is 26.2 Å². The molecule has 3 rings (SSSR count). The summed E-state index contributed by atoms with van der Waals surface area (Å²) in [5.41, 5.74) is 0.161. The second kappa shape index (κ2) is 8.27. The minimum absolute atomic E-state index is 0.0571. The summed E-state index contributed by atoms with van der Waals surface area (Å²) in [4.78, 5) is 26.3. The SMILES string of the molecule is COc1cc(/C=C2/C(=O)NC(=S)N(c3ccccc3F)C2=O)cc(OC)c1OC. The van der Waals surface area contributed by atoms with Crippen LogP contribution in [0.4, 0.5) is 10.1 Å². The monoisotopic (exact) mass is 416 g/mol. The number of para-hydroxylation sites is 1. The van der Waals surface area contributed by atoms with Crippen LogP contribution in [-0.4, -0.2) is 38.3 Å². The van der Waals surface area contributed by atoms with Gasteiger partial charge in [0.05, 0.1) is 27.0 Å². The number of benzene rings is 2. The standard InChI is InChI=1S/C20H17FN2O5S/c1-26-15-9-11(10-16(27-2)17(15)28-3)8-12-18(24)22-20(29)23(19(12)25)14-7-5-4-6-13(14)21/h4-10H,1-3H3,(H,22,24,29)/b12-8-. The maximum absolute atomic E-state index is 14.2. The number of hydrogen-bond donors (Lipinski definition) is 1. The molecule has 1 fully saturated rings. The third-order valence-electron chi connectivity index (χ3n) is 4.19. The number of thiocarbonyl (C=S) groups is 1. The molecule has 1 N–H and O–H groups in total. The summed E-state index contributed by atoms with van der Waals surface area (Å²) >= 11 is 5.08. The number of nitrogens with zero attached hydrogens (tertiary/aromatic N) is 1. The Hall–Kier alpha value is -3.46. The number of methoxy groups -OCH3 is 3. The summed E-state index contributed by atoms with van der Waals surface area (Å²) in [5.74, 6) is -1.02. The summed E-state index contributed by atoms with van der Waals surface area (Å²) in [6.07, 6.45) is 1.35. The molecular weight excluding hydrogens is 399 g/mol. The second-order valence-electron chi connectivity index (χ2n) is 5.87. The van der Waals surface area contributed by atoms with Crippen LogP contribution in [0.15, 0.2) is 42.0 Å². The van der Waals surface area contributed by atoms with Gasteiger partial charge >= 0.3 is 0 Å². The maximum atomic E-state index is 14.2. The third kappa shape index (κ3) is 3.77. The van der Waals surface area contributed by atoms with Gasteiger partial charge in [-0.2, -0.15) is 0 Å². The number of nitrogens with one attached hydrogen (secondary N) is 1. The van der Waals surface area contributed by atoms with Crippen molar-refractivity contribution in [3.63, 3.8) is 0 Å². The van der Waals surface area contributed by atoms with Gasteiger partial charge in [0.25, 0.3) is 11.8 Å². The van der Waals surface area contributed by atoms with Crippen LogP contribution in [0.5, 0.6) is 17.2 Å². The molecule has 0 bridgehead atoms. The predicted molar refractivity (Wildman–Crippen MR) is 109 cm³/mol. The van der Waals surface area contributed by atoms with E-state index in [1.54, 1.807) is 18.2 Å². The number of halogens is 1. The molecule has 2 aromatic rings. The Morgan fingerprint density at radius 3 is 2.21 bits per heavy atom. The highest BCUT2D eigenvalue weighted by atomic mass is 32.1. The second-order valence-corrected chi connectivity index (χ2v) is 6.25. The Bertz CT molecular complexity index is 1010. The van der Waals surface area contributed by atoms with Crippen LogP contribution in [0.2, 0.25) is 0 Å². The molecule has 1 heterocycles. The summed E-state index contributed by atoms with van der Waals surface area (Å²) in [5, 5.41) is 2.21. The van der Waals surface area contributed by atoms with Crippen molar-refractivity contribution in [1.29, 1.82) is 0 Å². The van der Waals surface area contributed by atoms with Crippen LogP contribution in [0.25, 0.3) is 6.08 Å². The number of hydrogen-bond acceptors (Lipinski definition) is 6. The molecule has 0 aromatic heterocycles. The normalized spacial score (nSPS) is 15.4. The van der Waals surface area contributed by atoms with Gasteiger partial charge in [-0.15, -0.1) is 0 Å². The highest BCUT2D eigenvalue weighted by Crippen LogP contribution is 2.39. The smallest absolute Gasteiger partial charge is 0.270 e. The van der Waals surface area contributed by atoms with E-state index in [1.165, 1.54) is 45.6 Å². The van der Waals surface area contributed by atoms with Crippen molar-refractivity contribution in [2.24, 2.45) is 0 Å². The molecule has 0 radical (unpaired) electrons. The fourth-order valence-corrected chi connectivity index (χ4v) is 3.13. The number of amides is 2. The average molecular weight is 416 g/mol. The molecule has 0 spiro atoms. The first-order valence-electron chi connectivity index (χ1n) is 8.37. The maximum Gasteiger partial charge on any atom is 0.270 e. The summed E-state index contributed by atoms with van der Waals surface area (Å²) < 4.78 is 30.1. The number of rotatable bonds is 5. The van der Waals surface area contributed by atoms with Crippen molar-refractivity contribution in [1.82, 2.24) is 5.32 Å². The van der Waals surface area contributed by atoms with E-state index in [-0.39, 0.29) is 16.4 Å². The lowest BCUT2D eigenvalue weighted by molar-refractivity contribution is -0.122. The Morgan fingerprint density at radius 2 is 1.66 bits per heavy atom. The first-order valence-corrected chi connectivity index (χ1v) is 8.78. The van der Waals surface area contributed by atoms with Crippen LogP contribution in [0, 0.1) is 5.82 Å². The summed E-state index contributed by atoms with van der Waals surface area (Å²) in [7, 11) is 4.36. The zero-order chi connectivity index (χ0) is 21.1. The van der Waals surface area contributed by atoms with Gasteiger partial charge in [0.1, 0.15) is 11.4 Å². The topological polar surface area (TPSA) is 77.1 Å². The van der Waals surface area contributed by atoms with Crippen molar-refractivity contribution in [2.45, 2.75) is 0 Å². The van der Waals surface area contributed by atoms with Gasteiger partial charge < -0.3 is 14.2 Å². The lowest BCUT2D eigenvalue weighted by Crippen LogP contribution is -2.54. The number of anilines is 1. The molecule has 2 aromatic carbocycles. The number of carbonyl (C=O) groups excluding carboxylic acids is 2. The fourth-order valence-electron chi connectivity index (χ4n) is 2.86. The van der Waals surface area contributed by atoms with Crippen LogP contribution in [-0.2, 0) is 9.59 Å². The van der Waals surface area contributed by atoms with Crippen LogP contribution < -0.4 is 24.4 Å². The van der Waals surface area contributed by atoms with E-state index in [1.807, 2.05) is 0 Å². The van der Waals surface area contributed by atoms with Gasteiger partial charge in [-0.25, -0.2) is 9.29 Å². The summed E-state index contributed by atoms with van der Waals surface area (Å²) in [6.45, 7) is 0. The minimum atomic E-state index is -0.752. The van der Waals surface area contributed by atoms with E-state index in [9.17, 15) is 14.0 Å². The molecule has 1 saturated heterocycles. The van der Waals surface area contributed by atoms with E-state index in [0.29, 0.717) is 22.8 Å². The summed E-state index contributed by atoms with van der Waals surface area (Å²) in [6, 6.07) is 8.80. The molecular formula is C20H17FN2O5S. The minimum Gasteiger partial charge on any atom is -0.493 e. The Labute approximate surface area is 171 Å². The largest absolute Gasteiger partial charge is 0.493 e. The highest BCUT2D eigenvalue weighted by Gasteiger charge is 2.35. The quantitative estimate of drug-likeness (QED) is 0.459. The first-order chi connectivity index (χ1) is 13.9. The van der Waals surface area contributed by atoms with Crippen LogP contribution >= 0.6 is 12.2 Å².